The standard InChI is InChI=1S/C10H22N2O2/c1-4-10(2,8-11)14-7-5-6-9(13)12-3/h4-8,11H2,1-3H3,(H,12,13). The highest BCUT2D eigenvalue weighted by molar-refractivity contribution is 5.75. The van der Waals surface area contributed by atoms with Crippen LogP contribution >= 0.6 is 0 Å². The van der Waals surface area contributed by atoms with Gasteiger partial charge in [0.15, 0.2) is 0 Å². The molecule has 0 aromatic rings. The van der Waals surface area contributed by atoms with Gasteiger partial charge in [0, 0.05) is 26.6 Å². The minimum Gasteiger partial charge on any atom is -0.374 e. The van der Waals surface area contributed by atoms with Crippen molar-refractivity contribution in [3.63, 3.8) is 0 Å². The minimum atomic E-state index is -0.233. The molecule has 4 nitrogen and oxygen atoms in total. The summed E-state index contributed by atoms with van der Waals surface area (Å²) < 4.78 is 5.62. The van der Waals surface area contributed by atoms with Crippen molar-refractivity contribution in [2.75, 3.05) is 20.2 Å². The van der Waals surface area contributed by atoms with Gasteiger partial charge in [0.2, 0.25) is 5.91 Å². The number of nitrogens with one attached hydrogen (secondary N) is 1. The van der Waals surface area contributed by atoms with Crippen LogP contribution in [0.4, 0.5) is 0 Å². The van der Waals surface area contributed by atoms with Crippen molar-refractivity contribution in [1.29, 1.82) is 0 Å². The third kappa shape index (κ3) is 5.19. The Kier molecular flexibility index (Phi) is 6.49. The molecule has 0 bridgehead atoms. The summed E-state index contributed by atoms with van der Waals surface area (Å²) in [4.78, 5) is 10.9. The fourth-order valence-corrected chi connectivity index (χ4v) is 0.982. The quantitative estimate of drug-likeness (QED) is 0.596. The van der Waals surface area contributed by atoms with Crippen LogP contribution in [-0.2, 0) is 9.53 Å². The molecule has 84 valence electrons. The fraction of sp³-hybridized carbons (Fsp3) is 0.900. The first-order chi connectivity index (χ1) is 6.58. The molecule has 3 N–H and O–H groups in total. The van der Waals surface area contributed by atoms with Crippen molar-refractivity contribution in [1.82, 2.24) is 5.32 Å². The molecule has 0 aliphatic heterocycles. The Labute approximate surface area is 86.2 Å². The zero-order valence-corrected chi connectivity index (χ0v) is 9.43. The van der Waals surface area contributed by atoms with E-state index in [1.165, 1.54) is 0 Å². The average molecular weight is 202 g/mol. The van der Waals surface area contributed by atoms with Gasteiger partial charge in [-0.3, -0.25) is 4.79 Å². The molecule has 0 rings (SSSR count). The van der Waals surface area contributed by atoms with Crippen molar-refractivity contribution < 1.29 is 9.53 Å². The molecule has 0 fully saturated rings. The Morgan fingerprint density at radius 1 is 1.57 bits per heavy atom. The Morgan fingerprint density at radius 3 is 2.64 bits per heavy atom. The van der Waals surface area contributed by atoms with Gasteiger partial charge >= 0.3 is 0 Å². The summed E-state index contributed by atoms with van der Waals surface area (Å²) in [6, 6.07) is 0. The first kappa shape index (κ1) is 13.4. The summed E-state index contributed by atoms with van der Waals surface area (Å²) in [6.07, 6.45) is 2.15. The number of nitrogens with two attached hydrogens (primary N) is 1. The molecule has 0 spiro atoms. The molecule has 0 aromatic carbocycles. The van der Waals surface area contributed by atoms with E-state index in [-0.39, 0.29) is 11.5 Å². The third-order valence-electron chi connectivity index (χ3n) is 2.46. The van der Waals surface area contributed by atoms with Crippen LogP contribution < -0.4 is 11.1 Å². The first-order valence-corrected chi connectivity index (χ1v) is 5.12. The molecule has 0 aliphatic carbocycles. The maximum absolute atomic E-state index is 10.9. The lowest BCUT2D eigenvalue weighted by Gasteiger charge is -2.26. The summed E-state index contributed by atoms with van der Waals surface area (Å²) in [5.74, 6) is 0.0551. The lowest BCUT2D eigenvalue weighted by Crippen LogP contribution is -2.37. The normalized spacial score (nSPS) is 14.9. The van der Waals surface area contributed by atoms with Gasteiger partial charge in [-0.25, -0.2) is 0 Å². The predicted molar refractivity (Wildman–Crippen MR) is 57.0 cm³/mol. The number of rotatable bonds is 7. The van der Waals surface area contributed by atoms with E-state index < -0.39 is 0 Å². The molecule has 14 heavy (non-hydrogen) atoms. The van der Waals surface area contributed by atoms with Crippen molar-refractivity contribution in [3.8, 4) is 0 Å². The fourth-order valence-electron chi connectivity index (χ4n) is 0.982. The second-order valence-corrected chi connectivity index (χ2v) is 3.63. The van der Waals surface area contributed by atoms with E-state index in [1.54, 1.807) is 7.05 Å². The van der Waals surface area contributed by atoms with Crippen LogP contribution in [0.25, 0.3) is 0 Å². The zero-order chi connectivity index (χ0) is 11.0. The van der Waals surface area contributed by atoms with Gasteiger partial charge < -0.3 is 15.8 Å². The Bertz CT molecular complexity index is 168. The number of hydrogen-bond donors (Lipinski definition) is 2. The van der Waals surface area contributed by atoms with E-state index in [1.807, 2.05) is 13.8 Å². The van der Waals surface area contributed by atoms with Crippen molar-refractivity contribution in [2.45, 2.75) is 38.7 Å². The molecule has 0 heterocycles. The van der Waals surface area contributed by atoms with Crippen molar-refractivity contribution in [2.24, 2.45) is 5.73 Å². The van der Waals surface area contributed by atoms with E-state index in [0.717, 1.165) is 12.8 Å². The van der Waals surface area contributed by atoms with E-state index in [9.17, 15) is 4.79 Å². The van der Waals surface area contributed by atoms with E-state index in [0.29, 0.717) is 19.6 Å². The largest absolute Gasteiger partial charge is 0.374 e. The molecular weight excluding hydrogens is 180 g/mol. The van der Waals surface area contributed by atoms with Crippen LogP contribution in [0.15, 0.2) is 0 Å². The van der Waals surface area contributed by atoms with Crippen LogP contribution in [0.2, 0.25) is 0 Å². The van der Waals surface area contributed by atoms with Gasteiger partial charge in [-0.1, -0.05) is 6.92 Å². The maximum Gasteiger partial charge on any atom is 0.219 e. The SMILES string of the molecule is CCC(C)(CN)OCCCC(=O)NC. The zero-order valence-electron chi connectivity index (χ0n) is 9.43. The molecule has 0 saturated heterocycles. The highest BCUT2D eigenvalue weighted by Crippen LogP contribution is 2.13. The lowest BCUT2D eigenvalue weighted by molar-refractivity contribution is -0.121. The molecule has 1 unspecified atom stereocenters. The number of carbonyl (C=O) groups is 1. The summed E-state index contributed by atoms with van der Waals surface area (Å²) in [5, 5.41) is 2.57. The number of hydrogen-bond acceptors (Lipinski definition) is 3. The number of carbonyl (C=O) groups excluding carboxylic acids is 1. The van der Waals surface area contributed by atoms with Crippen LogP contribution in [0.5, 0.6) is 0 Å². The van der Waals surface area contributed by atoms with Crippen LogP contribution in [0, 0.1) is 0 Å². The Hall–Kier alpha value is -0.610. The molecular formula is C10H22N2O2. The maximum atomic E-state index is 10.9. The second kappa shape index (κ2) is 6.79. The van der Waals surface area contributed by atoms with Crippen LogP contribution in [-0.4, -0.2) is 31.7 Å². The topological polar surface area (TPSA) is 64.3 Å². The monoisotopic (exact) mass is 202 g/mol. The molecule has 0 radical (unpaired) electrons. The minimum absolute atomic E-state index is 0.0551. The van der Waals surface area contributed by atoms with Gasteiger partial charge in [-0.15, -0.1) is 0 Å². The van der Waals surface area contributed by atoms with E-state index >= 15 is 0 Å². The second-order valence-electron chi connectivity index (χ2n) is 3.63. The molecule has 0 aliphatic rings. The molecule has 0 saturated carbocycles. The first-order valence-electron chi connectivity index (χ1n) is 5.12. The van der Waals surface area contributed by atoms with Crippen LogP contribution in [0.3, 0.4) is 0 Å². The van der Waals surface area contributed by atoms with E-state index in [4.69, 9.17) is 10.5 Å². The summed E-state index contributed by atoms with van der Waals surface area (Å²) in [6.45, 7) is 5.15. The summed E-state index contributed by atoms with van der Waals surface area (Å²) in [5.41, 5.74) is 5.35. The Balaban J connectivity index is 3.57. The lowest BCUT2D eigenvalue weighted by atomic mass is 10.0. The highest BCUT2D eigenvalue weighted by atomic mass is 16.5. The van der Waals surface area contributed by atoms with Gasteiger partial charge in [0.25, 0.3) is 0 Å². The van der Waals surface area contributed by atoms with Crippen molar-refractivity contribution in [3.05, 3.63) is 0 Å². The highest BCUT2D eigenvalue weighted by Gasteiger charge is 2.19. The molecule has 4 heteroatoms. The summed E-state index contributed by atoms with van der Waals surface area (Å²) >= 11 is 0. The van der Waals surface area contributed by atoms with Gasteiger partial charge in [-0.2, -0.15) is 0 Å². The van der Waals surface area contributed by atoms with Gasteiger partial charge in [0.05, 0.1) is 5.60 Å². The summed E-state index contributed by atoms with van der Waals surface area (Å²) in [7, 11) is 1.64. The molecule has 1 amide bonds. The smallest absolute Gasteiger partial charge is 0.219 e. The molecule has 0 aromatic heterocycles. The predicted octanol–water partition coefficient (Wildman–Crippen LogP) is 0.657. The molecule has 1 atom stereocenters. The average Bonchev–Trinajstić information content (AvgIpc) is 2.23. The third-order valence-corrected chi connectivity index (χ3v) is 2.46. The van der Waals surface area contributed by atoms with Gasteiger partial charge in [-0.05, 0) is 19.8 Å². The number of ether oxygens (including phenoxy) is 1. The van der Waals surface area contributed by atoms with E-state index in [2.05, 4.69) is 5.32 Å². The Morgan fingerprint density at radius 2 is 2.21 bits per heavy atom. The number of amides is 1. The van der Waals surface area contributed by atoms with Crippen LogP contribution in [0.1, 0.15) is 33.1 Å². The van der Waals surface area contributed by atoms with Gasteiger partial charge in [0.1, 0.15) is 0 Å². The van der Waals surface area contributed by atoms with Crippen molar-refractivity contribution >= 4 is 5.91 Å².